The molecule has 35 heavy (non-hydrogen) atoms. The molecule has 9 heteroatoms. The van der Waals surface area contributed by atoms with Gasteiger partial charge in [0, 0.05) is 42.6 Å². The molecule has 2 bridgehead atoms. The number of hydrogen-bond acceptors (Lipinski definition) is 5. The standard InChI is InChI=1S/C26H23ClFN5O2/c27-18-8-6-17(7-9-18)24-23(32-11-3-10-29-26(32)30-24)14-31-12-19-15-35-16-20(13-31)33(19)25(34)21-4-1-2-5-22(21)28/h1-11,19-20H,12-16H2. The number of rotatable bonds is 4. The highest BCUT2D eigenvalue weighted by molar-refractivity contribution is 6.30. The second kappa shape index (κ2) is 9.03. The van der Waals surface area contributed by atoms with Crippen LogP contribution in [0.5, 0.6) is 0 Å². The van der Waals surface area contributed by atoms with E-state index in [0.29, 0.717) is 43.6 Å². The fraction of sp³-hybridized carbons (Fsp3) is 0.269. The quantitative estimate of drug-likeness (QED) is 0.433. The molecule has 2 saturated heterocycles. The lowest BCUT2D eigenvalue weighted by Crippen LogP contribution is -2.66. The molecule has 4 heterocycles. The number of hydrogen-bond donors (Lipinski definition) is 0. The van der Waals surface area contributed by atoms with Crippen LogP contribution in [0.15, 0.2) is 67.0 Å². The lowest BCUT2D eigenvalue weighted by molar-refractivity contribution is -0.0817. The van der Waals surface area contributed by atoms with Crippen LogP contribution in [0.3, 0.4) is 0 Å². The summed E-state index contributed by atoms with van der Waals surface area (Å²) in [4.78, 5) is 26.6. The van der Waals surface area contributed by atoms with Gasteiger partial charge in [0.25, 0.3) is 5.91 Å². The minimum atomic E-state index is -0.496. The van der Waals surface area contributed by atoms with E-state index < -0.39 is 5.82 Å². The Balaban J connectivity index is 1.30. The number of nitrogens with zero attached hydrogens (tertiary/aromatic N) is 5. The van der Waals surface area contributed by atoms with Crippen molar-refractivity contribution in [1.29, 1.82) is 0 Å². The molecular weight excluding hydrogens is 469 g/mol. The average molecular weight is 492 g/mol. The molecule has 2 fully saturated rings. The van der Waals surface area contributed by atoms with Gasteiger partial charge in [-0.2, -0.15) is 0 Å². The van der Waals surface area contributed by atoms with E-state index in [9.17, 15) is 9.18 Å². The number of carbonyl (C=O) groups excluding carboxylic acids is 1. The van der Waals surface area contributed by atoms with Crippen molar-refractivity contribution in [2.75, 3.05) is 26.3 Å². The fourth-order valence-corrected chi connectivity index (χ4v) is 5.25. The lowest BCUT2D eigenvalue weighted by atomic mass is 10.0. The van der Waals surface area contributed by atoms with Gasteiger partial charge in [-0.15, -0.1) is 0 Å². The topological polar surface area (TPSA) is 63.0 Å². The number of benzene rings is 2. The molecule has 0 N–H and O–H groups in total. The summed E-state index contributed by atoms with van der Waals surface area (Å²) in [7, 11) is 0. The molecule has 0 spiro atoms. The van der Waals surface area contributed by atoms with Crippen LogP contribution in [0.2, 0.25) is 5.02 Å². The number of amides is 1. The highest BCUT2D eigenvalue weighted by Crippen LogP contribution is 2.30. The Hall–Kier alpha value is -3.33. The van der Waals surface area contributed by atoms with E-state index in [-0.39, 0.29) is 23.6 Å². The van der Waals surface area contributed by atoms with Gasteiger partial charge in [0.05, 0.1) is 42.2 Å². The molecule has 2 aliphatic heterocycles. The van der Waals surface area contributed by atoms with Gasteiger partial charge < -0.3 is 9.64 Å². The first kappa shape index (κ1) is 22.2. The van der Waals surface area contributed by atoms with Crippen molar-refractivity contribution in [3.63, 3.8) is 0 Å². The van der Waals surface area contributed by atoms with Crippen molar-refractivity contribution in [3.8, 4) is 11.3 Å². The smallest absolute Gasteiger partial charge is 0.257 e. The van der Waals surface area contributed by atoms with Crippen molar-refractivity contribution in [3.05, 3.63) is 89.1 Å². The van der Waals surface area contributed by atoms with E-state index in [4.69, 9.17) is 21.3 Å². The average Bonchev–Trinajstić information content (AvgIpc) is 3.22. The monoisotopic (exact) mass is 491 g/mol. The van der Waals surface area contributed by atoms with Crippen LogP contribution in [0.25, 0.3) is 17.0 Å². The summed E-state index contributed by atoms with van der Waals surface area (Å²) < 4.78 is 22.2. The molecule has 2 aromatic heterocycles. The summed E-state index contributed by atoms with van der Waals surface area (Å²) in [6, 6.07) is 15.3. The number of morpholine rings is 1. The molecule has 6 rings (SSSR count). The highest BCUT2D eigenvalue weighted by atomic mass is 35.5. The Morgan fingerprint density at radius 1 is 1.06 bits per heavy atom. The van der Waals surface area contributed by atoms with Crippen LogP contribution in [-0.2, 0) is 11.3 Å². The van der Waals surface area contributed by atoms with Crippen LogP contribution < -0.4 is 0 Å². The van der Waals surface area contributed by atoms with Gasteiger partial charge in [-0.3, -0.25) is 14.1 Å². The maximum Gasteiger partial charge on any atom is 0.257 e. The maximum atomic E-state index is 14.4. The second-order valence-corrected chi connectivity index (χ2v) is 9.37. The molecule has 2 aromatic carbocycles. The Morgan fingerprint density at radius 3 is 2.54 bits per heavy atom. The van der Waals surface area contributed by atoms with Crippen molar-refractivity contribution in [2.24, 2.45) is 0 Å². The van der Waals surface area contributed by atoms with E-state index in [1.54, 1.807) is 24.4 Å². The normalized spacial score (nSPS) is 20.3. The van der Waals surface area contributed by atoms with Gasteiger partial charge in [0.15, 0.2) is 0 Å². The van der Waals surface area contributed by atoms with E-state index in [1.807, 2.05) is 45.8 Å². The molecule has 7 nitrogen and oxygen atoms in total. The van der Waals surface area contributed by atoms with E-state index in [0.717, 1.165) is 17.0 Å². The third-order valence-corrected chi connectivity index (χ3v) is 6.93. The number of halogens is 2. The SMILES string of the molecule is O=C(c1ccccc1F)N1C2COCC1CN(Cc1c(-c3ccc(Cl)cc3)nc3ncccn13)C2. The molecule has 4 aromatic rings. The van der Waals surface area contributed by atoms with Crippen LogP contribution >= 0.6 is 11.6 Å². The first-order valence-electron chi connectivity index (χ1n) is 11.5. The van der Waals surface area contributed by atoms with Gasteiger partial charge in [0.1, 0.15) is 5.82 Å². The van der Waals surface area contributed by atoms with Crippen LogP contribution in [0, 0.1) is 5.82 Å². The molecule has 2 aliphatic rings. The Kier molecular flexibility index (Phi) is 5.72. The van der Waals surface area contributed by atoms with Gasteiger partial charge in [0.2, 0.25) is 5.78 Å². The van der Waals surface area contributed by atoms with Gasteiger partial charge in [-0.05, 0) is 30.3 Å². The minimum absolute atomic E-state index is 0.107. The van der Waals surface area contributed by atoms with Crippen molar-refractivity contribution in [1.82, 2.24) is 24.2 Å². The van der Waals surface area contributed by atoms with Crippen molar-refractivity contribution < 1.29 is 13.9 Å². The predicted octanol–water partition coefficient (Wildman–Crippen LogP) is 3.91. The predicted molar refractivity (Wildman–Crippen MR) is 130 cm³/mol. The number of aromatic nitrogens is 3. The lowest BCUT2D eigenvalue weighted by Gasteiger charge is -2.49. The van der Waals surface area contributed by atoms with Crippen LogP contribution in [0.4, 0.5) is 4.39 Å². The zero-order chi connectivity index (χ0) is 23.9. The van der Waals surface area contributed by atoms with E-state index in [1.165, 1.54) is 6.07 Å². The van der Waals surface area contributed by atoms with Crippen LogP contribution in [-0.4, -0.2) is 68.5 Å². The third-order valence-electron chi connectivity index (χ3n) is 6.68. The first-order chi connectivity index (χ1) is 17.1. The summed E-state index contributed by atoms with van der Waals surface area (Å²) in [6.07, 6.45) is 3.69. The maximum absolute atomic E-state index is 14.4. The molecular formula is C26H23ClFN5O2. The summed E-state index contributed by atoms with van der Waals surface area (Å²) >= 11 is 6.11. The molecule has 178 valence electrons. The summed E-state index contributed by atoms with van der Waals surface area (Å²) in [5.41, 5.74) is 2.94. The molecule has 0 radical (unpaired) electrons. The zero-order valence-electron chi connectivity index (χ0n) is 18.8. The number of ether oxygens (including phenoxy) is 1. The number of imidazole rings is 1. The number of fused-ring (bicyclic) bond motifs is 3. The zero-order valence-corrected chi connectivity index (χ0v) is 19.6. The number of carbonyl (C=O) groups is 1. The summed E-state index contributed by atoms with van der Waals surface area (Å²) in [5, 5.41) is 0.667. The van der Waals surface area contributed by atoms with Gasteiger partial charge >= 0.3 is 0 Å². The molecule has 0 aliphatic carbocycles. The summed E-state index contributed by atoms with van der Waals surface area (Å²) in [5.74, 6) is -0.143. The van der Waals surface area contributed by atoms with Crippen molar-refractivity contribution in [2.45, 2.75) is 18.6 Å². The Labute approximate surface area is 206 Å². The number of piperazine rings is 1. The third kappa shape index (κ3) is 4.07. The Morgan fingerprint density at radius 2 is 1.80 bits per heavy atom. The molecule has 2 unspecified atom stereocenters. The van der Waals surface area contributed by atoms with E-state index in [2.05, 4.69) is 9.88 Å². The van der Waals surface area contributed by atoms with Gasteiger partial charge in [-0.1, -0.05) is 35.9 Å². The van der Waals surface area contributed by atoms with Crippen LogP contribution in [0.1, 0.15) is 16.1 Å². The fourth-order valence-electron chi connectivity index (χ4n) is 5.12. The van der Waals surface area contributed by atoms with E-state index >= 15 is 0 Å². The Bertz CT molecular complexity index is 1380. The largest absolute Gasteiger partial charge is 0.377 e. The highest BCUT2D eigenvalue weighted by Gasteiger charge is 2.42. The minimum Gasteiger partial charge on any atom is -0.377 e. The van der Waals surface area contributed by atoms with Crippen molar-refractivity contribution >= 4 is 23.3 Å². The molecule has 0 saturated carbocycles. The molecule has 2 atom stereocenters. The second-order valence-electron chi connectivity index (χ2n) is 8.94. The summed E-state index contributed by atoms with van der Waals surface area (Å²) in [6.45, 7) is 2.70. The van der Waals surface area contributed by atoms with Gasteiger partial charge in [-0.25, -0.2) is 14.4 Å². The first-order valence-corrected chi connectivity index (χ1v) is 11.9. The molecule has 1 amide bonds.